The number of ketones is 1. The molecule has 0 radical (unpaired) electrons. The van der Waals surface area contributed by atoms with E-state index in [9.17, 15) is 9.90 Å². The van der Waals surface area contributed by atoms with E-state index >= 15 is 0 Å². The fourth-order valence-electron chi connectivity index (χ4n) is 1.56. The molecule has 1 aliphatic carbocycles. The zero-order valence-corrected chi connectivity index (χ0v) is 6.55. The molecule has 0 spiro atoms. The van der Waals surface area contributed by atoms with Crippen molar-refractivity contribution < 1.29 is 15.0 Å². The van der Waals surface area contributed by atoms with Crippen LogP contribution < -0.4 is 0 Å². The van der Waals surface area contributed by atoms with Gasteiger partial charge in [-0.15, -0.1) is 0 Å². The van der Waals surface area contributed by atoms with Crippen LogP contribution in [0.25, 0.3) is 0 Å². The van der Waals surface area contributed by atoms with Gasteiger partial charge in [-0.2, -0.15) is 0 Å². The lowest BCUT2D eigenvalue weighted by Crippen LogP contribution is -2.42. The van der Waals surface area contributed by atoms with Crippen LogP contribution in [0.5, 0.6) is 0 Å². The highest BCUT2D eigenvalue weighted by atomic mass is 16.3. The Morgan fingerprint density at radius 3 is 2.27 bits per heavy atom. The van der Waals surface area contributed by atoms with Gasteiger partial charge < -0.3 is 10.2 Å². The van der Waals surface area contributed by atoms with Gasteiger partial charge in [-0.1, -0.05) is 19.3 Å². The number of aliphatic hydroxyl groups is 2. The van der Waals surface area contributed by atoms with E-state index in [-0.39, 0.29) is 0 Å². The highest BCUT2D eigenvalue weighted by molar-refractivity contribution is 5.87. The van der Waals surface area contributed by atoms with Crippen LogP contribution in [0.4, 0.5) is 0 Å². The van der Waals surface area contributed by atoms with Gasteiger partial charge in [0.25, 0.3) is 0 Å². The fourth-order valence-corrected chi connectivity index (χ4v) is 1.56. The van der Waals surface area contributed by atoms with Gasteiger partial charge in [-0.25, -0.2) is 0 Å². The normalized spacial score (nSPS) is 23.1. The number of rotatable bonds is 2. The summed E-state index contributed by atoms with van der Waals surface area (Å²) in [6.45, 7) is -0.531. The summed E-state index contributed by atoms with van der Waals surface area (Å²) in [5.41, 5.74) is -1.20. The Balaban J connectivity index is 2.56. The first-order valence-corrected chi connectivity index (χ1v) is 4.05. The van der Waals surface area contributed by atoms with E-state index in [1.807, 2.05) is 0 Å². The summed E-state index contributed by atoms with van der Waals surface area (Å²) in [6, 6.07) is 0. The number of Topliss-reactive ketones (excluding diaryl/α,β-unsaturated/α-hetero) is 1. The number of aliphatic hydroxyl groups excluding tert-OH is 1. The molecular weight excluding hydrogens is 144 g/mol. The standard InChI is InChI=1S/C8H14O3/c9-6-7(10)8(11)4-2-1-3-5-8/h9,11H,1-6H2. The SMILES string of the molecule is O=C(CO)C1(O)CCCCC1. The summed E-state index contributed by atoms with van der Waals surface area (Å²) in [5, 5.41) is 18.2. The minimum Gasteiger partial charge on any atom is -0.388 e. The maximum atomic E-state index is 11.0. The number of carbonyl (C=O) groups is 1. The third kappa shape index (κ3) is 1.79. The van der Waals surface area contributed by atoms with Crippen molar-refractivity contribution in [2.24, 2.45) is 0 Å². The van der Waals surface area contributed by atoms with Crippen molar-refractivity contribution in [1.29, 1.82) is 0 Å². The topological polar surface area (TPSA) is 57.5 Å². The average molecular weight is 158 g/mol. The van der Waals surface area contributed by atoms with Crippen molar-refractivity contribution in [1.82, 2.24) is 0 Å². The van der Waals surface area contributed by atoms with Crippen molar-refractivity contribution in [3.05, 3.63) is 0 Å². The smallest absolute Gasteiger partial charge is 0.189 e. The first kappa shape index (κ1) is 8.68. The Morgan fingerprint density at radius 2 is 1.82 bits per heavy atom. The van der Waals surface area contributed by atoms with E-state index < -0.39 is 18.0 Å². The summed E-state index contributed by atoms with van der Waals surface area (Å²) in [4.78, 5) is 11.0. The van der Waals surface area contributed by atoms with Crippen LogP contribution >= 0.6 is 0 Å². The van der Waals surface area contributed by atoms with Gasteiger partial charge in [0, 0.05) is 0 Å². The molecule has 0 heterocycles. The molecule has 2 N–H and O–H groups in total. The molecule has 1 fully saturated rings. The van der Waals surface area contributed by atoms with Crippen molar-refractivity contribution >= 4 is 5.78 Å². The summed E-state index contributed by atoms with van der Waals surface area (Å²) in [6.07, 6.45) is 3.91. The summed E-state index contributed by atoms with van der Waals surface area (Å²) >= 11 is 0. The Kier molecular flexibility index (Phi) is 2.62. The molecule has 1 saturated carbocycles. The second-order valence-electron chi connectivity index (χ2n) is 3.17. The van der Waals surface area contributed by atoms with E-state index in [1.54, 1.807) is 0 Å². The molecule has 0 aliphatic heterocycles. The maximum absolute atomic E-state index is 11.0. The molecule has 3 heteroatoms. The van der Waals surface area contributed by atoms with Gasteiger partial charge in [0.15, 0.2) is 5.78 Å². The van der Waals surface area contributed by atoms with E-state index in [0.717, 1.165) is 19.3 Å². The lowest BCUT2D eigenvalue weighted by molar-refractivity contribution is -0.143. The van der Waals surface area contributed by atoms with Crippen molar-refractivity contribution in [2.45, 2.75) is 37.7 Å². The summed E-state index contributed by atoms with van der Waals surface area (Å²) in [5.74, 6) is -0.419. The van der Waals surface area contributed by atoms with E-state index in [1.165, 1.54) is 0 Å². The Labute approximate surface area is 66.0 Å². The highest BCUT2D eigenvalue weighted by Gasteiger charge is 2.35. The summed E-state index contributed by atoms with van der Waals surface area (Å²) < 4.78 is 0. The second-order valence-corrected chi connectivity index (χ2v) is 3.17. The van der Waals surface area contributed by atoms with Crippen LogP contribution in [0.3, 0.4) is 0 Å². The van der Waals surface area contributed by atoms with E-state index in [4.69, 9.17) is 5.11 Å². The minimum atomic E-state index is -1.20. The van der Waals surface area contributed by atoms with Crippen molar-refractivity contribution in [2.75, 3.05) is 6.61 Å². The Hall–Kier alpha value is -0.410. The predicted octanol–water partition coefficient (Wildman–Crippen LogP) is 0.243. The third-order valence-corrected chi connectivity index (χ3v) is 2.34. The Bertz CT molecular complexity index is 147. The van der Waals surface area contributed by atoms with Crippen LogP contribution in [0, 0.1) is 0 Å². The Morgan fingerprint density at radius 1 is 1.27 bits per heavy atom. The molecular formula is C8H14O3. The molecule has 0 amide bonds. The monoisotopic (exact) mass is 158 g/mol. The van der Waals surface area contributed by atoms with E-state index in [0.29, 0.717) is 12.8 Å². The predicted molar refractivity (Wildman–Crippen MR) is 40.1 cm³/mol. The number of hydrogen-bond donors (Lipinski definition) is 2. The summed E-state index contributed by atoms with van der Waals surface area (Å²) in [7, 11) is 0. The molecule has 0 aromatic heterocycles. The molecule has 0 unspecified atom stereocenters. The fraction of sp³-hybridized carbons (Fsp3) is 0.875. The molecule has 1 rings (SSSR count). The van der Waals surface area contributed by atoms with Gasteiger partial charge >= 0.3 is 0 Å². The van der Waals surface area contributed by atoms with E-state index in [2.05, 4.69) is 0 Å². The molecule has 3 nitrogen and oxygen atoms in total. The van der Waals surface area contributed by atoms with Gasteiger partial charge in [-0.05, 0) is 12.8 Å². The number of hydrogen-bond acceptors (Lipinski definition) is 3. The molecule has 0 aromatic rings. The van der Waals surface area contributed by atoms with Crippen molar-refractivity contribution in [3.8, 4) is 0 Å². The minimum absolute atomic E-state index is 0.419. The maximum Gasteiger partial charge on any atom is 0.189 e. The highest BCUT2D eigenvalue weighted by Crippen LogP contribution is 2.28. The van der Waals surface area contributed by atoms with Crippen LogP contribution in [-0.4, -0.2) is 28.2 Å². The molecule has 11 heavy (non-hydrogen) atoms. The molecule has 0 atom stereocenters. The molecule has 1 aliphatic rings. The first-order valence-electron chi connectivity index (χ1n) is 4.05. The largest absolute Gasteiger partial charge is 0.388 e. The first-order chi connectivity index (χ1) is 5.19. The quantitative estimate of drug-likeness (QED) is 0.605. The second kappa shape index (κ2) is 3.32. The number of carbonyl (C=O) groups excluding carboxylic acids is 1. The van der Waals surface area contributed by atoms with Crippen LogP contribution in [0.15, 0.2) is 0 Å². The van der Waals surface area contributed by atoms with Crippen molar-refractivity contribution in [3.63, 3.8) is 0 Å². The third-order valence-electron chi connectivity index (χ3n) is 2.34. The molecule has 0 bridgehead atoms. The van der Waals surface area contributed by atoms with Gasteiger partial charge in [0.1, 0.15) is 12.2 Å². The van der Waals surface area contributed by atoms with Gasteiger partial charge in [-0.3, -0.25) is 4.79 Å². The average Bonchev–Trinajstić information content (AvgIpc) is 2.04. The molecule has 64 valence electrons. The molecule has 0 aromatic carbocycles. The van der Waals surface area contributed by atoms with Crippen LogP contribution in [-0.2, 0) is 4.79 Å². The van der Waals surface area contributed by atoms with Crippen LogP contribution in [0.1, 0.15) is 32.1 Å². The zero-order valence-electron chi connectivity index (χ0n) is 6.55. The van der Waals surface area contributed by atoms with Gasteiger partial charge in [0.2, 0.25) is 0 Å². The lowest BCUT2D eigenvalue weighted by atomic mass is 9.82. The van der Waals surface area contributed by atoms with Gasteiger partial charge in [0.05, 0.1) is 0 Å². The van der Waals surface area contributed by atoms with Crippen LogP contribution in [0.2, 0.25) is 0 Å². The molecule has 0 saturated heterocycles. The lowest BCUT2D eigenvalue weighted by Gasteiger charge is -2.29. The zero-order chi connectivity index (χ0) is 8.32.